The van der Waals surface area contributed by atoms with Crippen molar-refractivity contribution in [3.63, 3.8) is 0 Å². The number of ether oxygens (including phenoxy) is 1. The average molecular weight is 540 g/mol. The molecule has 0 saturated heterocycles. The van der Waals surface area contributed by atoms with E-state index in [1.165, 1.54) is 11.3 Å². The number of hydrogen-bond acceptors (Lipinski definition) is 7. The minimum atomic E-state index is -0.697. The summed E-state index contributed by atoms with van der Waals surface area (Å²) in [6, 6.07) is 20.3. The molecular weight excluding hydrogens is 510 g/mol. The van der Waals surface area contributed by atoms with E-state index in [1.807, 2.05) is 63.2 Å². The number of benzene rings is 3. The maximum absolute atomic E-state index is 13.0. The lowest BCUT2D eigenvalue weighted by Crippen LogP contribution is -2.17. The van der Waals surface area contributed by atoms with Crippen molar-refractivity contribution in [2.75, 3.05) is 29.6 Å². The Morgan fingerprint density at radius 2 is 1.85 bits per heavy atom. The van der Waals surface area contributed by atoms with E-state index in [9.17, 15) is 14.9 Å². The highest BCUT2D eigenvalue weighted by Crippen LogP contribution is 2.42. The van der Waals surface area contributed by atoms with Gasteiger partial charge in [-0.2, -0.15) is 5.26 Å². The summed E-state index contributed by atoms with van der Waals surface area (Å²) in [4.78, 5) is 31.8. The van der Waals surface area contributed by atoms with Gasteiger partial charge in [0.05, 0.1) is 27.4 Å². The summed E-state index contributed by atoms with van der Waals surface area (Å²) in [7, 11) is 3.87. The minimum absolute atomic E-state index is 0.0243. The number of amides is 2. The summed E-state index contributed by atoms with van der Waals surface area (Å²) in [5.74, 6) is 1.04. The lowest BCUT2D eigenvalue weighted by atomic mass is 9.85. The average Bonchev–Trinajstić information content (AvgIpc) is 3.69. The Balaban J connectivity index is 1.37. The second-order valence-electron chi connectivity index (χ2n) is 10.3. The van der Waals surface area contributed by atoms with Crippen LogP contribution in [0.25, 0.3) is 10.2 Å². The number of nitriles is 1. The molecule has 9 heteroatoms. The number of nitrogens with one attached hydrogen (secondary N) is 2. The van der Waals surface area contributed by atoms with Gasteiger partial charge in [0.1, 0.15) is 5.75 Å². The molecule has 198 valence electrons. The predicted molar refractivity (Wildman–Crippen MR) is 155 cm³/mol. The van der Waals surface area contributed by atoms with Crippen molar-refractivity contribution in [1.82, 2.24) is 4.98 Å². The monoisotopic (exact) mass is 539 g/mol. The van der Waals surface area contributed by atoms with Gasteiger partial charge in [-0.05, 0) is 68.7 Å². The predicted octanol–water partition coefficient (Wildman–Crippen LogP) is 6.56. The van der Waals surface area contributed by atoms with E-state index < -0.39 is 5.41 Å². The number of nitrogens with zero attached hydrogens (tertiary/aromatic N) is 3. The van der Waals surface area contributed by atoms with E-state index >= 15 is 0 Å². The van der Waals surface area contributed by atoms with Crippen molar-refractivity contribution >= 4 is 49.9 Å². The van der Waals surface area contributed by atoms with Crippen LogP contribution in [0.15, 0.2) is 60.7 Å². The first-order valence-corrected chi connectivity index (χ1v) is 13.5. The highest BCUT2D eigenvalue weighted by atomic mass is 32.1. The number of fused-ring (bicyclic) bond motifs is 1. The second kappa shape index (κ2) is 10.4. The molecule has 0 atom stereocenters. The number of carbonyl (C=O) groups is 2. The van der Waals surface area contributed by atoms with Gasteiger partial charge in [-0.25, -0.2) is 4.98 Å². The first kappa shape index (κ1) is 26.2. The van der Waals surface area contributed by atoms with Gasteiger partial charge in [0, 0.05) is 37.3 Å². The molecule has 1 heterocycles. The summed E-state index contributed by atoms with van der Waals surface area (Å²) >= 11 is 1.42. The SMILES string of the molecule is CN(C)c1c(Oc2cccc(NC(=O)c3cccc(C(C)(C)C#N)c3)c2)ccc2nc(NC(=O)C3CC3)sc12. The molecule has 1 aliphatic rings. The van der Waals surface area contributed by atoms with E-state index in [1.54, 1.807) is 30.3 Å². The van der Waals surface area contributed by atoms with Crippen LogP contribution in [0.5, 0.6) is 11.5 Å². The van der Waals surface area contributed by atoms with Crippen molar-refractivity contribution in [3.05, 3.63) is 71.8 Å². The van der Waals surface area contributed by atoms with E-state index in [-0.39, 0.29) is 17.7 Å². The largest absolute Gasteiger partial charge is 0.455 e. The maximum atomic E-state index is 13.0. The smallest absolute Gasteiger partial charge is 0.255 e. The molecule has 1 aliphatic carbocycles. The third kappa shape index (κ3) is 5.71. The van der Waals surface area contributed by atoms with Crippen LogP contribution in [0, 0.1) is 17.2 Å². The van der Waals surface area contributed by atoms with Gasteiger partial charge < -0.3 is 20.3 Å². The normalized spacial score (nSPS) is 13.0. The first-order valence-electron chi connectivity index (χ1n) is 12.7. The Labute approximate surface area is 231 Å². The molecule has 1 saturated carbocycles. The molecule has 1 fully saturated rings. The zero-order valence-electron chi connectivity index (χ0n) is 22.2. The molecule has 0 bridgehead atoms. The van der Waals surface area contributed by atoms with E-state index in [4.69, 9.17) is 4.74 Å². The Morgan fingerprint density at radius 3 is 2.56 bits per heavy atom. The summed E-state index contributed by atoms with van der Waals surface area (Å²) in [6.45, 7) is 3.64. The van der Waals surface area contributed by atoms with Crippen molar-refractivity contribution in [3.8, 4) is 17.6 Å². The number of rotatable bonds is 8. The zero-order valence-corrected chi connectivity index (χ0v) is 23.1. The Hall–Kier alpha value is -4.42. The standard InChI is InChI=1S/C30H29N5O3S/c1-30(2,17-31)20-8-5-7-19(15-20)28(37)32-21-9-6-10-22(16-21)38-24-14-13-23-26(25(24)35(3)4)39-29(33-23)34-27(36)18-11-12-18/h5-10,13-16,18H,11-12H2,1-4H3,(H,32,37)(H,33,34,36). The van der Waals surface area contributed by atoms with Gasteiger partial charge in [0.2, 0.25) is 5.91 Å². The van der Waals surface area contributed by atoms with Crippen LogP contribution in [0.4, 0.5) is 16.5 Å². The van der Waals surface area contributed by atoms with Crippen LogP contribution in [-0.2, 0) is 10.2 Å². The summed E-state index contributed by atoms with van der Waals surface area (Å²) in [5, 5.41) is 15.9. The van der Waals surface area contributed by atoms with Crippen LogP contribution in [0.2, 0.25) is 0 Å². The Bertz CT molecular complexity index is 1610. The van der Waals surface area contributed by atoms with Crippen molar-refractivity contribution in [1.29, 1.82) is 5.26 Å². The molecule has 3 aromatic carbocycles. The molecule has 0 radical (unpaired) electrons. The Morgan fingerprint density at radius 1 is 1.08 bits per heavy atom. The number of thiazole rings is 1. The summed E-state index contributed by atoms with van der Waals surface area (Å²) in [6.07, 6.45) is 1.87. The number of hydrogen-bond donors (Lipinski definition) is 2. The second-order valence-corrected chi connectivity index (χ2v) is 11.3. The third-order valence-corrected chi connectivity index (χ3v) is 7.56. The Kier molecular flexibility index (Phi) is 6.98. The lowest BCUT2D eigenvalue weighted by Gasteiger charge is -2.19. The van der Waals surface area contributed by atoms with Gasteiger partial charge in [0.25, 0.3) is 5.91 Å². The molecule has 0 aliphatic heterocycles. The quantitative estimate of drug-likeness (QED) is 0.263. The van der Waals surface area contributed by atoms with Crippen molar-refractivity contribution < 1.29 is 14.3 Å². The molecule has 5 rings (SSSR count). The fourth-order valence-electron chi connectivity index (χ4n) is 4.15. The molecule has 2 N–H and O–H groups in total. The molecule has 2 amide bonds. The minimum Gasteiger partial charge on any atom is -0.455 e. The first-order chi connectivity index (χ1) is 18.6. The van der Waals surface area contributed by atoms with Crippen LogP contribution >= 0.6 is 11.3 Å². The van der Waals surface area contributed by atoms with E-state index in [0.717, 1.165) is 34.3 Å². The van der Waals surface area contributed by atoms with Gasteiger partial charge in [-0.15, -0.1) is 0 Å². The van der Waals surface area contributed by atoms with Gasteiger partial charge in [-0.3, -0.25) is 9.59 Å². The van der Waals surface area contributed by atoms with Crippen LogP contribution in [0.3, 0.4) is 0 Å². The van der Waals surface area contributed by atoms with Crippen molar-refractivity contribution in [2.24, 2.45) is 5.92 Å². The number of aromatic nitrogens is 1. The number of carbonyl (C=O) groups excluding carboxylic acids is 2. The fourth-order valence-corrected chi connectivity index (χ4v) is 5.24. The van der Waals surface area contributed by atoms with E-state index in [2.05, 4.69) is 21.7 Å². The van der Waals surface area contributed by atoms with Crippen LogP contribution < -0.4 is 20.3 Å². The molecule has 8 nitrogen and oxygen atoms in total. The zero-order chi connectivity index (χ0) is 27.7. The van der Waals surface area contributed by atoms with Crippen LogP contribution in [-0.4, -0.2) is 30.9 Å². The molecule has 1 aromatic heterocycles. The molecule has 4 aromatic rings. The van der Waals surface area contributed by atoms with E-state index in [0.29, 0.717) is 27.9 Å². The highest BCUT2D eigenvalue weighted by Gasteiger charge is 2.30. The van der Waals surface area contributed by atoms with Crippen molar-refractivity contribution in [2.45, 2.75) is 32.1 Å². The van der Waals surface area contributed by atoms with Gasteiger partial charge in [0.15, 0.2) is 10.9 Å². The molecular formula is C30H29N5O3S. The van der Waals surface area contributed by atoms with Crippen LogP contribution in [0.1, 0.15) is 42.6 Å². The summed E-state index contributed by atoms with van der Waals surface area (Å²) < 4.78 is 7.20. The molecule has 0 spiro atoms. The fraction of sp³-hybridized carbons (Fsp3) is 0.267. The van der Waals surface area contributed by atoms with Gasteiger partial charge >= 0.3 is 0 Å². The molecule has 0 unspecified atom stereocenters. The summed E-state index contributed by atoms with van der Waals surface area (Å²) in [5.41, 5.74) is 2.76. The highest BCUT2D eigenvalue weighted by molar-refractivity contribution is 7.23. The molecule has 39 heavy (non-hydrogen) atoms. The third-order valence-electron chi connectivity index (χ3n) is 6.57. The topological polar surface area (TPSA) is 107 Å². The number of anilines is 3. The maximum Gasteiger partial charge on any atom is 0.255 e. The van der Waals surface area contributed by atoms with Gasteiger partial charge in [-0.1, -0.05) is 29.5 Å². The lowest BCUT2D eigenvalue weighted by molar-refractivity contribution is -0.117.